The third kappa shape index (κ3) is 3.02. The van der Waals surface area contributed by atoms with Crippen molar-refractivity contribution in [3.63, 3.8) is 0 Å². The Bertz CT molecular complexity index is 739. The second kappa shape index (κ2) is 6.19. The summed E-state index contributed by atoms with van der Waals surface area (Å²) in [7, 11) is 0. The van der Waals surface area contributed by atoms with Gasteiger partial charge in [0.1, 0.15) is 0 Å². The van der Waals surface area contributed by atoms with Crippen molar-refractivity contribution in [2.75, 3.05) is 11.9 Å². The van der Waals surface area contributed by atoms with Crippen molar-refractivity contribution >= 4 is 11.7 Å². The number of aromatic nitrogens is 2. The fraction of sp³-hybridized carbons (Fsp3) is 0.474. The Labute approximate surface area is 147 Å². The van der Waals surface area contributed by atoms with E-state index in [9.17, 15) is 4.79 Å². The highest BCUT2D eigenvalue weighted by atomic mass is 16.5. The minimum Gasteiger partial charge on any atom is -0.377 e. The molecule has 0 radical (unpaired) electrons. The number of carbonyl (C=O) groups is 1. The Morgan fingerprint density at radius 1 is 1.36 bits per heavy atom. The van der Waals surface area contributed by atoms with Crippen LogP contribution in [0.1, 0.15) is 25.8 Å². The molecule has 25 heavy (non-hydrogen) atoms. The van der Waals surface area contributed by atoms with Gasteiger partial charge in [0, 0.05) is 42.1 Å². The topological polar surface area (TPSA) is 68.2 Å². The fourth-order valence-electron chi connectivity index (χ4n) is 4.20. The number of amides is 2. The van der Waals surface area contributed by atoms with Crippen LogP contribution in [-0.2, 0) is 11.3 Å². The number of benzene rings is 1. The second-order valence-electron chi connectivity index (χ2n) is 7.54. The summed E-state index contributed by atoms with van der Waals surface area (Å²) in [6, 6.07) is 9.78. The van der Waals surface area contributed by atoms with Crippen LogP contribution in [0.3, 0.4) is 0 Å². The van der Waals surface area contributed by atoms with Crippen molar-refractivity contribution in [1.29, 1.82) is 0 Å². The lowest BCUT2D eigenvalue weighted by molar-refractivity contribution is -0.107. The van der Waals surface area contributed by atoms with E-state index in [0.29, 0.717) is 5.92 Å². The molecule has 2 aromatic rings. The van der Waals surface area contributed by atoms with Crippen molar-refractivity contribution < 1.29 is 9.53 Å². The average Bonchev–Trinajstić information content (AvgIpc) is 3.25. The summed E-state index contributed by atoms with van der Waals surface area (Å²) < 4.78 is 7.64. The molecule has 0 unspecified atom stereocenters. The zero-order valence-corrected chi connectivity index (χ0v) is 14.6. The molecule has 1 aliphatic heterocycles. The first-order valence-electron chi connectivity index (χ1n) is 8.79. The van der Waals surface area contributed by atoms with E-state index in [-0.39, 0.29) is 23.6 Å². The van der Waals surface area contributed by atoms with E-state index in [4.69, 9.17) is 4.74 Å². The van der Waals surface area contributed by atoms with Gasteiger partial charge >= 0.3 is 6.03 Å². The number of urea groups is 1. The van der Waals surface area contributed by atoms with Crippen LogP contribution in [0.25, 0.3) is 0 Å². The van der Waals surface area contributed by atoms with Gasteiger partial charge in [-0.1, -0.05) is 26.0 Å². The quantitative estimate of drug-likeness (QED) is 0.899. The number of hydrogen-bond acceptors (Lipinski definition) is 3. The lowest BCUT2D eigenvalue weighted by Crippen LogP contribution is -2.67. The number of carbonyl (C=O) groups excluding carboxylic acids is 1. The molecule has 4 rings (SSSR count). The summed E-state index contributed by atoms with van der Waals surface area (Å²) in [5, 5.41) is 10.3. The van der Waals surface area contributed by atoms with Crippen molar-refractivity contribution in [1.82, 2.24) is 15.1 Å². The van der Waals surface area contributed by atoms with Crippen molar-refractivity contribution in [3.8, 4) is 0 Å². The predicted molar refractivity (Wildman–Crippen MR) is 95.3 cm³/mol. The van der Waals surface area contributed by atoms with Crippen LogP contribution < -0.4 is 10.6 Å². The molecular weight excluding hydrogens is 316 g/mol. The molecular formula is C19H24N4O2. The number of rotatable bonds is 4. The number of nitrogens with one attached hydrogen (secondary N) is 2. The van der Waals surface area contributed by atoms with Crippen LogP contribution in [0.5, 0.6) is 0 Å². The normalized spacial score (nSPS) is 26.6. The molecule has 2 amide bonds. The first kappa shape index (κ1) is 16.1. The SMILES string of the molecule is CC1(C)[C@H](NC(=O)Nc2ccc(Cn3cccn3)cc2)[C@H]2CCO[C@H]21. The first-order chi connectivity index (χ1) is 12.0. The van der Waals surface area contributed by atoms with Crippen molar-refractivity contribution in [2.24, 2.45) is 11.3 Å². The van der Waals surface area contributed by atoms with Gasteiger partial charge in [-0.2, -0.15) is 5.10 Å². The molecule has 2 heterocycles. The molecule has 3 atom stereocenters. The Morgan fingerprint density at radius 3 is 2.88 bits per heavy atom. The zero-order valence-electron chi connectivity index (χ0n) is 14.6. The van der Waals surface area contributed by atoms with E-state index in [1.807, 2.05) is 41.2 Å². The van der Waals surface area contributed by atoms with Crippen LogP contribution in [0.15, 0.2) is 42.7 Å². The lowest BCUT2D eigenvalue weighted by atomic mass is 9.57. The van der Waals surface area contributed by atoms with Gasteiger partial charge < -0.3 is 15.4 Å². The summed E-state index contributed by atoms with van der Waals surface area (Å²) in [4.78, 5) is 12.4. The molecule has 1 aliphatic carbocycles. The van der Waals surface area contributed by atoms with Crippen LogP contribution in [0, 0.1) is 11.3 Å². The maximum absolute atomic E-state index is 12.4. The smallest absolute Gasteiger partial charge is 0.319 e. The van der Waals surface area contributed by atoms with Crippen molar-refractivity contribution in [3.05, 3.63) is 48.3 Å². The van der Waals surface area contributed by atoms with E-state index in [1.165, 1.54) is 0 Å². The summed E-state index contributed by atoms with van der Waals surface area (Å²) in [5.41, 5.74) is 1.92. The number of nitrogens with zero attached hydrogens (tertiary/aromatic N) is 2. The minimum atomic E-state index is -0.150. The van der Waals surface area contributed by atoms with Gasteiger partial charge in [-0.05, 0) is 30.2 Å². The molecule has 1 saturated carbocycles. The molecule has 6 nitrogen and oxygen atoms in total. The molecule has 1 saturated heterocycles. The molecule has 2 N–H and O–H groups in total. The Hall–Kier alpha value is -2.34. The molecule has 1 aromatic heterocycles. The number of hydrogen-bond donors (Lipinski definition) is 2. The molecule has 2 aliphatic rings. The molecule has 1 aromatic carbocycles. The third-order valence-electron chi connectivity index (χ3n) is 5.50. The van der Waals surface area contributed by atoms with E-state index in [0.717, 1.165) is 30.8 Å². The van der Waals surface area contributed by atoms with E-state index in [2.05, 4.69) is 29.6 Å². The van der Waals surface area contributed by atoms with Crippen molar-refractivity contribution in [2.45, 2.75) is 39.0 Å². The summed E-state index contributed by atoms with van der Waals surface area (Å²) in [5.74, 6) is 0.442. The summed E-state index contributed by atoms with van der Waals surface area (Å²) in [6.45, 7) is 5.85. The molecule has 0 bridgehead atoms. The lowest BCUT2D eigenvalue weighted by Gasteiger charge is -2.54. The molecule has 2 fully saturated rings. The minimum absolute atomic E-state index is 0.00781. The summed E-state index contributed by atoms with van der Waals surface area (Å²) in [6.07, 6.45) is 5.00. The van der Waals surface area contributed by atoms with Gasteiger partial charge in [0.2, 0.25) is 0 Å². The number of anilines is 1. The van der Waals surface area contributed by atoms with Crippen LogP contribution >= 0.6 is 0 Å². The first-order valence-corrected chi connectivity index (χ1v) is 8.79. The van der Waals surface area contributed by atoms with E-state index in [1.54, 1.807) is 6.20 Å². The second-order valence-corrected chi connectivity index (χ2v) is 7.54. The number of ether oxygens (including phenoxy) is 1. The highest BCUT2D eigenvalue weighted by Crippen LogP contribution is 2.52. The molecule has 132 valence electrons. The molecule has 6 heteroatoms. The van der Waals surface area contributed by atoms with Crippen LogP contribution in [0.4, 0.5) is 10.5 Å². The van der Waals surface area contributed by atoms with E-state index >= 15 is 0 Å². The predicted octanol–water partition coefficient (Wildman–Crippen LogP) is 2.87. The average molecular weight is 340 g/mol. The van der Waals surface area contributed by atoms with E-state index < -0.39 is 0 Å². The van der Waals surface area contributed by atoms with Crippen LogP contribution in [-0.4, -0.2) is 34.6 Å². The summed E-state index contributed by atoms with van der Waals surface area (Å²) >= 11 is 0. The Morgan fingerprint density at radius 2 is 2.16 bits per heavy atom. The van der Waals surface area contributed by atoms with Gasteiger partial charge in [-0.25, -0.2) is 4.79 Å². The molecule has 0 spiro atoms. The zero-order chi connectivity index (χ0) is 17.4. The monoisotopic (exact) mass is 340 g/mol. The number of fused-ring (bicyclic) bond motifs is 1. The highest BCUT2D eigenvalue weighted by molar-refractivity contribution is 5.89. The Kier molecular flexibility index (Phi) is 4.00. The maximum Gasteiger partial charge on any atom is 0.319 e. The van der Waals surface area contributed by atoms with Gasteiger partial charge in [0.05, 0.1) is 12.6 Å². The Balaban J connectivity index is 1.33. The third-order valence-corrected chi connectivity index (χ3v) is 5.50. The maximum atomic E-state index is 12.4. The van der Waals surface area contributed by atoms with Gasteiger partial charge in [0.15, 0.2) is 0 Å². The largest absolute Gasteiger partial charge is 0.377 e. The highest BCUT2D eigenvalue weighted by Gasteiger charge is 2.59. The van der Waals surface area contributed by atoms with Crippen LogP contribution in [0.2, 0.25) is 0 Å². The van der Waals surface area contributed by atoms with Gasteiger partial charge in [-0.15, -0.1) is 0 Å². The standard InChI is InChI=1S/C19H24N4O2/c1-19(2)16(15-8-11-25-17(15)19)22-18(24)21-14-6-4-13(5-7-14)12-23-10-3-9-20-23/h3-7,9-10,15-17H,8,11-12H2,1-2H3,(H2,21,22,24)/t15-,16-,17-/m1/s1. The van der Waals surface area contributed by atoms with Gasteiger partial charge in [0.25, 0.3) is 0 Å². The fourth-order valence-corrected chi connectivity index (χ4v) is 4.20. The van der Waals surface area contributed by atoms with Gasteiger partial charge in [-0.3, -0.25) is 4.68 Å².